The number of carbonyl (C=O) groups excluding carboxylic acids is 1. The third-order valence-electron chi connectivity index (χ3n) is 3.32. The molecule has 1 N–H and O–H groups in total. The third-order valence-corrected chi connectivity index (χ3v) is 3.32. The zero-order valence-corrected chi connectivity index (χ0v) is 13.0. The SMILES string of the molecule is COc1ccc(CNC(=O)c2cccc([N+](=O)[O-])c2F)cc1OC. The normalized spacial score (nSPS) is 10.1. The number of halogens is 1. The highest BCUT2D eigenvalue weighted by Crippen LogP contribution is 2.27. The van der Waals surface area contributed by atoms with Crippen LogP contribution in [0.3, 0.4) is 0 Å². The summed E-state index contributed by atoms with van der Waals surface area (Å²) in [6.45, 7) is 0.0985. The standard InChI is InChI=1S/C16H15FN2O5/c1-23-13-7-6-10(8-14(13)24-2)9-18-16(20)11-4-3-5-12(15(11)17)19(21)22/h3-8H,9H2,1-2H3,(H,18,20). The molecule has 7 nitrogen and oxygen atoms in total. The molecule has 0 atom stereocenters. The molecule has 126 valence electrons. The first kappa shape index (κ1) is 17.2. The van der Waals surface area contributed by atoms with E-state index in [1.807, 2.05) is 0 Å². The van der Waals surface area contributed by atoms with Crippen molar-refractivity contribution in [1.29, 1.82) is 0 Å². The van der Waals surface area contributed by atoms with Crippen molar-refractivity contribution in [1.82, 2.24) is 5.32 Å². The average molecular weight is 334 g/mol. The van der Waals surface area contributed by atoms with Crippen molar-refractivity contribution < 1.29 is 23.6 Å². The van der Waals surface area contributed by atoms with E-state index < -0.39 is 22.3 Å². The lowest BCUT2D eigenvalue weighted by Crippen LogP contribution is -2.24. The first-order valence-electron chi connectivity index (χ1n) is 6.90. The molecule has 0 radical (unpaired) electrons. The molecule has 0 unspecified atom stereocenters. The van der Waals surface area contributed by atoms with Crippen LogP contribution in [0.15, 0.2) is 36.4 Å². The van der Waals surface area contributed by atoms with E-state index in [4.69, 9.17) is 9.47 Å². The molecule has 0 spiro atoms. The van der Waals surface area contributed by atoms with Crippen LogP contribution in [0.4, 0.5) is 10.1 Å². The summed E-state index contributed by atoms with van der Waals surface area (Å²) in [6.07, 6.45) is 0. The molecule has 2 aromatic rings. The van der Waals surface area contributed by atoms with Gasteiger partial charge in [-0.25, -0.2) is 0 Å². The van der Waals surface area contributed by atoms with Crippen molar-refractivity contribution in [3.8, 4) is 11.5 Å². The summed E-state index contributed by atoms with van der Waals surface area (Å²) in [5, 5.41) is 13.2. The summed E-state index contributed by atoms with van der Waals surface area (Å²) >= 11 is 0. The van der Waals surface area contributed by atoms with Gasteiger partial charge in [0.2, 0.25) is 5.82 Å². The number of hydrogen-bond donors (Lipinski definition) is 1. The van der Waals surface area contributed by atoms with Gasteiger partial charge in [-0.15, -0.1) is 0 Å². The van der Waals surface area contributed by atoms with Crippen molar-refractivity contribution in [2.24, 2.45) is 0 Å². The van der Waals surface area contributed by atoms with Crippen LogP contribution in [-0.2, 0) is 6.54 Å². The molecule has 24 heavy (non-hydrogen) atoms. The van der Waals surface area contributed by atoms with Gasteiger partial charge >= 0.3 is 5.69 Å². The van der Waals surface area contributed by atoms with E-state index in [2.05, 4.69) is 5.32 Å². The summed E-state index contributed by atoms with van der Waals surface area (Å²) in [5.74, 6) is -0.874. The molecule has 0 heterocycles. The molecule has 0 fully saturated rings. The number of ether oxygens (including phenoxy) is 2. The number of methoxy groups -OCH3 is 2. The van der Waals surface area contributed by atoms with Crippen LogP contribution in [0.5, 0.6) is 11.5 Å². The smallest absolute Gasteiger partial charge is 0.305 e. The number of nitrogens with one attached hydrogen (secondary N) is 1. The molecule has 0 saturated heterocycles. The number of hydrogen-bond acceptors (Lipinski definition) is 5. The maximum atomic E-state index is 14.0. The second kappa shape index (κ2) is 7.40. The molecule has 0 aromatic heterocycles. The van der Waals surface area contributed by atoms with E-state index in [0.29, 0.717) is 17.1 Å². The average Bonchev–Trinajstić information content (AvgIpc) is 2.59. The van der Waals surface area contributed by atoms with Crippen LogP contribution in [0, 0.1) is 15.9 Å². The number of nitro benzene ring substituents is 1. The lowest BCUT2D eigenvalue weighted by atomic mass is 10.1. The van der Waals surface area contributed by atoms with Crippen molar-refractivity contribution in [2.75, 3.05) is 14.2 Å². The summed E-state index contributed by atoms with van der Waals surface area (Å²) in [6, 6.07) is 8.50. The van der Waals surface area contributed by atoms with Gasteiger partial charge in [-0.2, -0.15) is 4.39 Å². The summed E-state index contributed by atoms with van der Waals surface area (Å²) in [5.41, 5.74) is -0.426. The summed E-state index contributed by atoms with van der Waals surface area (Å²) in [4.78, 5) is 21.9. The quantitative estimate of drug-likeness (QED) is 0.648. The van der Waals surface area contributed by atoms with E-state index in [1.165, 1.54) is 26.4 Å². The molecule has 0 bridgehead atoms. The van der Waals surface area contributed by atoms with Gasteiger partial charge in [0.15, 0.2) is 11.5 Å². The number of rotatable bonds is 6. The number of benzene rings is 2. The largest absolute Gasteiger partial charge is 0.493 e. The minimum atomic E-state index is -1.16. The first-order valence-corrected chi connectivity index (χ1v) is 6.90. The van der Waals surface area contributed by atoms with Gasteiger partial charge in [-0.05, 0) is 23.8 Å². The highest BCUT2D eigenvalue weighted by molar-refractivity contribution is 5.95. The van der Waals surface area contributed by atoms with Crippen molar-refractivity contribution in [3.05, 3.63) is 63.5 Å². The number of carbonyl (C=O) groups is 1. The third kappa shape index (κ3) is 3.60. The Balaban J connectivity index is 2.14. The van der Waals surface area contributed by atoms with Gasteiger partial charge in [0.1, 0.15) is 0 Å². The van der Waals surface area contributed by atoms with Gasteiger partial charge in [0.05, 0.1) is 24.7 Å². The fourth-order valence-corrected chi connectivity index (χ4v) is 2.10. The van der Waals surface area contributed by atoms with E-state index in [-0.39, 0.29) is 12.1 Å². The lowest BCUT2D eigenvalue weighted by molar-refractivity contribution is -0.387. The molecule has 0 aliphatic heterocycles. The van der Waals surface area contributed by atoms with Crippen LogP contribution in [0.2, 0.25) is 0 Å². The Morgan fingerprint density at radius 2 is 1.92 bits per heavy atom. The van der Waals surface area contributed by atoms with Gasteiger partial charge in [-0.1, -0.05) is 12.1 Å². The monoisotopic (exact) mass is 334 g/mol. The Morgan fingerprint density at radius 1 is 1.21 bits per heavy atom. The van der Waals surface area contributed by atoms with Gasteiger partial charge < -0.3 is 14.8 Å². The minimum absolute atomic E-state index is 0.0985. The molecule has 2 aromatic carbocycles. The predicted octanol–water partition coefficient (Wildman–Crippen LogP) is 2.68. The Hall–Kier alpha value is -3.16. The van der Waals surface area contributed by atoms with Crippen LogP contribution in [0.1, 0.15) is 15.9 Å². The number of amides is 1. The summed E-state index contributed by atoms with van der Waals surface area (Å²) in [7, 11) is 2.99. The Morgan fingerprint density at radius 3 is 2.54 bits per heavy atom. The topological polar surface area (TPSA) is 90.7 Å². The van der Waals surface area contributed by atoms with E-state index >= 15 is 0 Å². The highest BCUT2D eigenvalue weighted by Gasteiger charge is 2.21. The Labute approximate surface area is 137 Å². The summed E-state index contributed by atoms with van der Waals surface area (Å²) < 4.78 is 24.2. The number of nitro groups is 1. The Kier molecular flexibility index (Phi) is 5.31. The maximum absolute atomic E-state index is 14.0. The van der Waals surface area contributed by atoms with Crippen molar-refractivity contribution >= 4 is 11.6 Å². The molecular formula is C16H15FN2O5. The zero-order chi connectivity index (χ0) is 17.7. The van der Waals surface area contributed by atoms with Gasteiger partial charge in [-0.3, -0.25) is 14.9 Å². The molecule has 0 aliphatic rings. The van der Waals surface area contributed by atoms with Crippen LogP contribution >= 0.6 is 0 Å². The fraction of sp³-hybridized carbons (Fsp3) is 0.188. The molecule has 1 amide bonds. The van der Waals surface area contributed by atoms with E-state index in [9.17, 15) is 19.3 Å². The van der Waals surface area contributed by atoms with E-state index in [0.717, 1.165) is 6.07 Å². The minimum Gasteiger partial charge on any atom is -0.493 e. The maximum Gasteiger partial charge on any atom is 0.305 e. The lowest BCUT2D eigenvalue weighted by Gasteiger charge is -2.10. The molecular weight excluding hydrogens is 319 g/mol. The van der Waals surface area contributed by atoms with E-state index in [1.54, 1.807) is 18.2 Å². The molecule has 8 heteroatoms. The Bertz CT molecular complexity index is 779. The second-order valence-electron chi connectivity index (χ2n) is 4.77. The van der Waals surface area contributed by atoms with Crippen LogP contribution in [-0.4, -0.2) is 25.1 Å². The molecule has 0 saturated carbocycles. The second-order valence-corrected chi connectivity index (χ2v) is 4.77. The van der Waals surface area contributed by atoms with Gasteiger partial charge in [0, 0.05) is 12.6 Å². The van der Waals surface area contributed by atoms with Crippen LogP contribution < -0.4 is 14.8 Å². The first-order chi connectivity index (χ1) is 11.5. The molecule has 0 aliphatic carbocycles. The molecule has 2 rings (SSSR count). The van der Waals surface area contributed by atoms with Gasteiger partial charge in [0.25, 0.3) is 5.91 Å². The van der Waals surface area contributed by atoms with Crippen molar-refractivity contribution in [2.45, 2.75) is 6.54 Å². The highest BCUT2D eigenvalue weighted by atomic mass is 19.1. The zero-order valence-electron chi connectivity index (χ0n) is 13.0. The van der Waals surface area contributed by atoms with Crippen molar-refractivity contribution in [3.63, 3.8) is 0 Å². The van der Waals surface area contributed by atoms with Crippen LogP contribution in [0.25, 0.3) is 0 Å². The fourth-order valence-electron chi connectivity index (χ4n) is 2.10. The predicted molar refractivity (Wildman–Crippen MR) is 83.8 cm³/mol. The number of nitrogens with zero attached hydrogens (tertiary/aromatic N) is 1.